The average molecular weight is 397 g/mol. The summed E-state index contributed by atoms with van der Waals surface area (Å²) in [5, 5.41) is 4.03. The molecule has 1 aliphatic heterocycles. The van der Waals surface area contributed by atoms with Crippen LogP contribution in [0.15, 0.2) is 47.4 Å². The molecule has 0 bridgehead atoms. The number of hydrogen-bond donors (Lipinski definition) is 1. The van der Waals surface area contributed by atoms with E-state index in [4.69, 9.17) is 16.6 Å². The van der Waals surface area contributed by atoms with Crippen molar-refractivity contribution < 1.29 is 0 Å². The predicted molar refractivity (Wildman–Crippen MR) is 115 cm³/mol. The third-order valence-corrected chi connectivity index (χ3v) is 5.49. The summed E-state index contributed by atoms with van der Waals surface area (Å²) in [5.41, 5.74) is 3.93. The number of aryl methyl sites for hydroxylation is 1. The van der Waals surface area contributed by atoms with Gasteiger partial charge in [-0.3, -0.25) is 9.20 Å². The highest BCUT2D eigenvalue weighted by molar-refractivity contribution is 6.30. The monoisotopic (exact) mass is 396 g/mol. The van der Waals surface area contributed by atoms with Crippen molar-refractivity contribution in [3.8, 4) is 11.3 Å². The number of nitrogens with one attached hydrogen (secondary N) is 1. The van der Waals surface area contributed by atoms with E-state index in [-0.39, 0.29) is 5.56 Å². The van der Waals surface area contributed by atoms with E-state index < -0.39 is 0 Å². The number of nitrogens with zero attached hydrogens (tertiary/aromatic N) is 3. The molecule has 28 heavy (non-hydrogen) atoms. The lowest BCUT2D eigenvalue weighted by Crippen LogP contribution is -2.24. The minimum Gasteiger partial charge on any atom is -0.313 e. The van der Waals surface area contributed by atoms with E-state index in [0.717, 1.165) is 62.3 Å². The molecule has 0 amide bonds. The molecule has 0 fully saturated rings. The lowest BCUT2D eigenvalue weighted by atomic mass is 10.1. The molecule has 4 rings (SSSR count). The van der Waals surface area contributed by atoms with Crippen LogP contribution in [0, 0.1) is 0 Å². The minimum atomic E-state index is -0.0381. The molecule has 0 unspecified atom stereocenters. The second kappa shape index (κ2) is 8.33. The first-order valence-corrected chi connectivity index (χ1v) is 10.3. The molecule has 6 heteroatoms. The maximum Gasteiger partial charge on any atom is 0.259 e. The maximum atomic E-state index is 12.9. The van der Waals surface area contributed by atoms with Crippen LogP contribution < -0.4 is 10.9 Å². The zero-order chi connectivity index (χ0) is 19.5. The van der Waals surface area contributed by atoms with Crippen LogP contribution in [0.25, 0.3) is 22.6 Å². The second-order valence-electron chi connectivity index (χ2n) is 7.21. The number of rotatable bonds is 6. The molecule has 5 nitrogen and oxygen atoms in total. The van der Waals surface area contributed by atoms with Crippen LogP contribution in [-0.4, -0.2) is 27.0 Å². The molecular weight excluding hydrogens is 372 g/mol. The average Bonchev–Trinajstić information content (AvgIpc) is 3.17. The highest BCUT2D eigenvalue weighted by Gasteiger charge is 2.17. The fraction of sp³-hybridized carbons (Fsp3) is 0.364. The summed E-state index contributed by atoms with van der Waals surface area (Å²) in [4.78, 5) is 17.7. The van der Waals surface area contributed by atoms with Gasteiger partial charge in [-0.15, -0.1) is 0 Å². The number of hydrogen-bond acceptors (Lipinski definition) is 3. The molecule has 0 spiro atoms. The number of unbranched alkanes of at least 4 members (excludes halogenated alkanes) is 2. The molecule has 0 saturated heterocycles. The van der Waals surface area contributed by atoms with Crippen molar-refractivity contribution >= 4 is 23.0 Å². The van der Waals surface area contributed by atoms with Crippen molar-refractivity contribution in [3.63, 3.8) is 0 Å². The molecule has 1 N–H and O–H groups in total. The number of fused-ring (bicyclic) bond motifs is 1. The number of halogens is 1. The van der Waals surface area contributed by atoms with Crippen LogP contribution in [0.2, 0.25) is 5.02 Å². The van der Waals surface area contributed by atoms with Gasteiger partial charge in [-0.25, -0.2) is 4.98 Å². The molecule has 1 aliphatic rings. The Morgan fingerprint density at radius 3 is 2.75 bits per heavy atom. The van der Waals surface area contributed by atoms with E-state index in [1.54, 1.807) is 10.5 Å². The highest BCUT2D eigenvalue weighted by Crippen LogP contribution is 2.24. The van der Waals surface area contributed by atoms with Crippen molar-refractivity contribution in [1.82, 2.24) is 19.3 Å². The maximum absolute atomic E-state index is 12.9. The highest BCUT2D eigenvalue weighted by atomic mass is 35.5. The van der Waals surface area contributed by atoms with E-state index in [0.29, 0.717) is 10.8 Å². The van der Waals surface area contributed by atoms with Gasteiger partial charge in [0.2, 0.25) is 5.78 Å². The van der Waals surface area contributed by atoms with Gasteiger partial charge < -0.3 is 9.88 Å². The van der Waals surface area contributed by atoms with Gasteiger partial charge in [0.15, 0.2) is 0 Å². The van der Waals surface area contributed by atoms with Gasteiger partial charge in [0, 0.05) is 35.9 Å². The molecule has 3 aromatic rings. The van der Waals surface area contributed by atoms with E-state index in [1.807, 2.05) is 30.5 Å². The van der Waals surface area contributed by atoms with Gasteiger partial charge in [-0.05, 0) is 37.1 Å². The number of benzene rings is 1. The molecule has 1 aromatic carbocycles. The SMILES string of the molecule is CCCCCn1c(C2=CCNCC2)cc(=O)n2cc(-c3ccc(Cl)cc3)nc12. The summed E-state index contributed by atoms with van der Waals surface area (Å²) in [6.07, 6.45) is 8.32. The Bertz CT molecular complexity index is 1060. The molecule has 3 heterocycles. The van der Waals surface area contributed by atoms with E-state index in [9.17, 15) is 4.79 Å². The van der Waals surface area contributed by atoms with Crippen molar-refractivity contribution in [2.75, 3.05) is 13.1 Å². The van der Waals surface area contributed by atoms with Gasteiger partial charge in [0.05, 0.1) is 11.4 Å². The minimum absolute atomic E-state index is 0.0381. The smallest absolute Gasteiger partial charge is 0.259 e. The molecule has 2 aromatic heterocycles. The van der Waals surface area contributed by atoms with Gasteiger partial charge in [0.25, 0.3) is 5.56 Å². The van der Waals surface area contributed by atoms with Gasteiger partial charge >= 0.3 is 0 Å². The summed E-state index contributed by atoms with van der Waals surface area (Å²) in [5.74, 6) is 0.711. The Hall–Kier alpha value is -2.37. The summed E-state index contributed by atoms with van der Waals surface area (Å²) in [7, 11) is 0. The molecule has 0 aliphatic carbocycles. The summed E-state index contributed by atoms with van der Waals surface area (Å²) < 4.78 is 3.88. The van der Waals surface area contributed by atoms with E-state index in [2.05, 4.69) is 22.9 Å². The van der Waals surface area contributed by atoms with Gasteiger partial charge in [-0.1, -0.05) is 49.6 Å². The number of imidazole rings is 1. The lowest BCUT2D eigenvalue weighted by Gasteiger charge is -2.20. The van der Waals surface area contributed by atoms with Crippen LogP contribution in [0.5, 0.6) is 0 Å². The largest absolute Gasteiger partial charge is 0.313 e. The standard InChI is InChI=1S/C22H25ClN4O/c1-2-3-4-13-26-20(17-9-11-24-12-10-17)14-21(28)27-15-19(25-22(26)27)16-5-7-18(23)8-6-16/h5-9,14-15,24H,2-4,10-13H2,1H3. The van der Waals surface area contributed by atoms with E-state index in [1.165, 1.54) is 5.57 Å². The normalized spacial score (nSPS) is 14.4. The Balaban J connectivity index is 1.86. The van der Waals surface area contributed by atoms with Crippen molar-refractivity contribution in [3.05, 3.63) is 63.7 Å². The molecule has 146 valence electrons. The molecular formula is C22H25ClN4O. The predicted octanol–water partition coefficient (Wildman–Crippen LogP) is 4.38. The van der Waals surface area contributed by atoms with Gasteiger partial charge in [-0.2, -0.15) is 0 Å². The third kappa shape index (κ3) is 3.77. The Kier molecular flexibility index (Phi) is 5.64. The fourth-order valence-corrected chi connectivity index (χ4v) is 3.84. The molecule has 0 saturated carbocycles. The van der Waals surface area contributed by atoms with Crippen LogP contribution >= 0.6 is 11.6 Å². The zero-order valence-electron chi connectivity index (χ0n) is 16.1. The molecule has 0 radical (unpaired) electrons. The summed E-state index contributed by atoms with van der Waals surface area (Å²) >= 11 is 6.01. The first-order valence-electron chi connectivity index (χ1n) is 9.96. The van der Waals surface area contributed by atoms with Crippen molar-refractivity contribution in [2.24, 2.45) is 0 Å². The zero-order valence-corrected chi connectivity index (χ0v) is 16.9. The van der Waals surface area contributed by atoms with Crippen molar-refractivity contribution in [2.45, 2.75) is 39.2 Å². The Labute approximate surface area is 169 Å². The van der Waals surface area contributed by atoms with Gasteiger partial charge in [0.1, 0.15) is 0 Å². The second-order valence-corrected chi connectivity index (χ2v) is 7.65. The summed E-state index contributed by atoms with van der Waals surface area (Å²) in [6.45, 7) is 4.83. The first-order chi connectivity index (χ1) is 13.7. The van der Waals surface area contributed by atoms with Crippen LogP contribution in [0.1, 0.15) is 38.3 Å². The van der Waals surface area contributed by atoms with Crippen molar-refractivity contribution in [1.29, 1.82) is 0 Å². The summed E-state index contributed by atoms with van der Waals surface area (Å²) in [6, 6.07) is 9.33. The number of aromatic nitrogens is 3. The van der Waals surface area contributed by atoms with Crippen LogP contribution in [0.3, 0.4) is 0 Å². The van der Waals surface area contributed by atoms with E-state index >= 15 is 0 Å². The Morgan fingerprint density at radius 1 is 1.21 bits per heavy atom. The molecule has 0 atom stereocenters. The third-order valence-electron chi connectivity index (χ3n) is 5.24. The quantitative estimate of drug-likeness (QED) is 0.629. The fourth-order valence-electron chi connectivity index (χ4n) is 3.72. The topological polar surface area (TPSA) is 51.3 Å². The van der Waals surface area contributed by atoms with Crippen LogP contribution in [0.4, 0.5) is 0 Å². The van der Waals surface area contributed by atoms with Crippen LogP contribution in [-0.2, 0) is 6.54 Å². The lowest BCUT2D eigenvalue weighted by molar-refractivity contribution is 0.594. The Morgan fingerprint density at radius 2 is 2.04 bits per heavy atom. The first kappa shape index (κ1) is 19.0.